The van der Waals surface area contributed by atoms with Crippen LogP contribution in [0.2, 0.25) is 0 Å². The first-order valence-electron chi connectivity index (χ1n) is 7.60. The van der Waals surface area contributed by atoms with Crippen LogP contribution >= 0.6 is 0 Å². The fraction of sp³-hybridized carbons (Fsp3) is 0.500. The molecule has 0 bridgehead atoms. The van der Waals surface area contributed by atoms with Crippen LogP contribution < -0.4 is 11.1 Å². The van der Waals surface area contributed by atoms with E-state index in [1.54, 1.807) is 24.1 Å². The Bertz CT molecular complexity index is 564. The predicted molar refractivity (Wildman–Crippen MR) is 84.9 cm³/mol. The summed E-state index contributed by atoms with van der Waals surface area (Å²) in [6, 6.07) is 5.49. The van der Waals surface area contributed by atoms with Crippen molar-refractivity contribution in [1.82, 2.24) is 15.1 Å². The van der Waals surface area contributed by atoms with Gasteiger partial charge in [0.05, 0.1) is 6.54 Å². The molecule has 2 atom stereocenters. The van der Waals surface area contributed by atoms with Gasteiger partial charge in [-0.3, -0.25) is 14.5 Å². The summed E-state index contributed by atoms with van der Waals surface area (Å²) in [7, 11) is 3.36. The molecule has 1 heterocycles. The Balaban J connectivity index is 1.94. The summed E-state index contributed by atoms with van der Waals surface area (Å²) in [6.45, 7) is 1.09. The van der Waals surface area contributed by atoms with Crippen molar-refractivity contribution in [3.05, 3.63) is 35.6 Å². The second kappa shape index (κ2) is 7.52. The molecule has 23 heavy (non-hydrogen) atoms. The third kappa shape index (κ3) is 4.49. The van der Waals surface area contributed by atoms with Crippen molar-refractivity contribution in [2.45, 2.75) is 25.0 Å². The van der Waals surface area contributed by atoms with Gasteiger partial charge in [0.1, 0.15) is 11.9 Å². The normalized spacial score (nSPS) is 20.8. The lowest BCUT2D eigenvalue weighted by Gasteiger charge is -2.26. The molecular weight excluding hydrogens is 299 g/mol. The molecule has 1 aromatic carbocycles. The van der Waals surface area contributed by atoms with Crippen LogP contribution in [0.15, 0.2) is 24.3 Å². The van der Waals surface area contributed by atoms with Gasteiger partial charge in [0.25, 0.3) is 0 Å². The molecule has 0 unspecified atom stereocenters. The van der Waals surface area contributed by atoms with Crippen LogP contribution in [0.1, 0.15) is 12.0 Å². The van der Waals surface area contributed by atoms with Crippen LogP contribution in [0.5, 0.6) is 0 Å². The quantitative estimate of drug-likeness (QED) is 0.795. The number of benzene rings is 1. The van der Waals surface area contributed by atoms with E-state index in [1.165, 1.54) is 12.1 Å². The first-order chi connectivity index (χ1) is 10.9. The van der Waals surface area contributed by atoms with E-state index >= 15 is 0 Å². The summed E-state index contributed by atoms with van der Waals surface area (Å²) < 4.78 is 12.9. The molecule has 1 aliphatic heterocycles. The highest BCUT2D eigenvalue weighted by Crippen LogP contribution is 2.17. The smallest absolute Gasteiger partial charge is 0.242 e. The largest absolute Gasteiger partial charge is 0.357 e. The second-order valence-corrected chi connectivity index (χ2v) is 5.97. The van der Waals surface area contributed by atoms with Gasteiger partial charge in [-0.15, -0.1) is 0 Å². The zero-order valence-corrected chi connectivity index (χ0v) is 13.5. The summed E-state index contributed by atoms with van der Waals surface area (Å²) in [4.78, 5) is 27.7. The second-order valence-electron chi connectivity index (χ2n) is 5.97. The summed E-state index contributed by atoms with van der Waals surface area (Å²) in [5.74, 6) is -0.601. The molecule has 1 aromatic rings. The van der Waals surface area contributed by atoms with Gasteiger partial charge in [-0.1, -0.05) is 12.1 Å². The van der Waals surface area contributed by atoms with Crippen molar-refractivity contribution in [2.24, 2.45) is 5.73 Å². The minimum absolute atomic E-state index is 0.129. The topological polar surface area (TPSA) is 78.7 Å². The minimum atomic E-state index is -0.498. The van der Waals surface area contributed by atoms with Crippen molar-refractivity contribution in [3.8, 4) is 0 Å². The average molecular weight is 322 g/mol. The fourth-order valence-corrected chi connectivity index (χ4v) is 2.84. The van der Waals surface area contributed by atoms with Gasteiger partial charge < -0.3 is 16.0 Å². The minimum Gasteiger partial charge on any atom is -0.357 e. The average Bonchev–Trinajstić information content (AvgIpc) is 2.91. The Morgan fingerprint density at radius 1 is 1.39 bits per heavy atom. The number of likely N-dealkylation sites (tertiary alicyclic amines) is 1. The number of amides is 2. The van der Waals surface area contributed by atoms with Crippen molar-refractivity contribution in [2.75, 3.05) is 27.2 Å². The third-order valence-electron chi connectivity index (χ3n) is 3.97. The number of hydrogen-bond donors (Lipinski definition) is 2. The predicted octanol–water partition coefficient (Wildman–Crippen LogP) is -0.0683. The molecule has 0 saturated carbocycles. The molecule has 2 rings (SSSR count). The van der Waals surface area contributed by atoms with E-state index in [9.17, 15) is 14.0 Å². The molecule has 6 nitrogen and oxygen atoms in total. The van der Waals surface area contributed by atoms with Crippen molar-refractivity contribution in [3.63, 3.8) is 0 Å². The number of carbonyl (C=O) groups is 2. The molecule has 1 fully saturated rings. The zero-order chi connectivity index (χ0) is 17.0. The molecule has 7 heteroatoms. The standard InChI is InChI=1S/C16H23FN4O2/c1-19-16(23)14-7-13(18)9-21(14)15(22)10-20(2)8-11-3-5-12(17)6-4-11/h3-6,13-14H,7-10,18H2,1-2H3,(H,19,23)/t13-,14+/m1/s1. The van der Waals surface area contributed by atoms with E-state index in [0.717, 1.165) is 5.56 Å². The Labute approximate surface area is 135 Å². The summed E-state index contributed by atoms with van der Waals surface area (Å²) in [5.41, 5.74) is 6.81. The fourth-order valence-electron chi connectivity index (χ4n) is 2.84. The lowest BCUT2D eigenvalue weighted by atomic mass is 10.1. The van der Waals surface area contributed by atoms with Gasteiger partial charge in [-0.05, 0) is 31.2 Å². The highest BCUT2D eigenvalue weighted by molar-refractivity contribution is 5.89. The van der Waals surface area contributed by atoms with E-state index in [1.807, 2.05) is 11.9 Å². The van der Waals surface area contributed by atoms with Crippen LogP contribution in [0.25, 0.3) is 0 Å². The lowest BCUT2D eigenvalue weighted by Crippen LogP contribution is -2.47. The molecule has 0 spiro atoms. The van der Waals surface area contributed by atoms with Gasteiger partial charge >= 0.3 is 0 Å². The van der Waals surface area contributed by atoms with Gasteiger partial charge in [-0.2, -0.15) is 0 Å². The highest BCUT2D eigenvalue weighted by atomic mass is 19.1. The van der Waals surface area contributed by atoms with Crippen molar-refractivity contribution < 1.29 is 14.0 Å². The van der Waals surface area contributed by atoms with Gasteiger partial charge in [0.2, 0.25) is 11.8 Å². The van der Waals surface area contributed by atoms with Crippen molar-refractivity contribution in [1.29, 1.82) is 0 Å². The maximum Gasteiger partial charge on any atom is 0.242 e. The molecule has 0 radical (unpaired) electrons. The molecule has 2 amide bonds. The molecule has 1 aliphatic rings. The van der Waals surface area contributed by atoms with Crippen molar-refractivity contribution >= 4 is 11.8 Å². The van der Waals surface area contributed by atoms with E-state index < -0.39 is 6.04 Å². The SMILES string of the molecule is CNC(=O)[C@@H]1C[C@@H](N)CN1C(=O)CN(C)Cc1ccc(F)cc1. The van der Waals surface area contributed by atoms with Crippen LogP contribution in [0.3, 0.4) is 0 Å². The number of nitrogens with zero attached hydrogens (tertiary/aromatic N) is 2. The number of likely N-dealkylation sites (N-methyl/N-ethyl adjacent to an activating group) is 2. The zero-order valence-electron chi connectivity index (χ0n) is 13.5. The Hall–Kier alpha value is -1.99. The maximum atomic E-state index is 12.9. The Morgan fingerprint density at radius 3 is 2.65 bits per heavy atom. The summed E-state index contributed by atoms with van der Waals surface area (Å²) >= 11 is 0. The van der Waals surface area contributed by atoms with Gasteiger partial charge in [-0.25, -0.2) is 4.39 Å². The highest BCUT2D eigenvalue weighted by Gasteiger charge is 2.37. The van der Waals surface area contributed by atoms with Gasteiger partial charge in [0.15, 0.2) is 0 Å². The Morgan fingerprint density at radius 2 is 2.04 bits per heavy atom. The van der Waals surface area contributed by atoms with Crippen LogP contribution in [-0.4, -0.2) is 60.9 Å². The van der Waals surface area contributed by atoms with Crippen LogP contribution in [0.4, 0.5) is 4.39 Å². The summed E-state index contributed by atoms with van der Waals surface area (Å²) in [6.07, 6.45) is 0.479. The lowest BCUT2D eigenvalue weighted by molar-refractivity contribution is -0.139. The van der Waals surface area contributed by atoms with Gasteiger partial charge in [0, 0.05) is 26.2 Å². The number of rotatable bonds is 5. The molecule has 0 aromatic heterocycles. The number of carbonyl (C=O) groups excluding carboxylic acids is 2. The Kier molecular flexibility index (Phi) is 5.68. The monoisotopic (exact) mass is 322 g/mol. The maximum absolute atomic E-state index is 12.9. The number of nitrogens with one attached hydrogen (secondary N) is 1. The first-order valence-corrected chi connectivity index (χ1v) is 7.60. The van der Waals surface area contributed by atoms with E-state index in [4.69, 9.17) is 5.73 Å². The van der Waals surface area contributed by atoms with Crippen LogP contribution in [0, 0.1) is 5.82 Å². The number of halogens is 1. The third-order valence-corrected chi connectivity index (χ3v) is 3.97. The first kappa shape index (κ1) is 17.4. The summed E-state index contributed by atoms with van der Waals surface area (Å²) in [5, 5.41) is 2.57. The molecule has 126 valence electrons. The van der Waals surface area contributed by atoms with E-state index in [-0.39, 0.29) is 30.2 Å². The van der Waals surface area contributed by atoms with Crippen LogP contribution in [-0.2, 0) is 16.1 Å². The number of nitrogens with two attached hydrogens (primary N) is 1. The molecule has 3 N–H and O–H groups in total. The molecular formula is C16H23FN4O2. The molecule has 1 saturated heterocycles. The van der Waals surface area contributed by atoms with E-state index in [2.05, 4.69) is 5.32 Å². The van der Waals surface area contributed by atoms with E-state index in [0.29, 0.717) is 19.5 Å². The molecule has 0 aliphatic carbocycles. The number of hydrogen-bond acceptors (Lipinski definition) is 4.